The number of hydrogen-bond acceptors (Lipinski definition) is 4. The number of carboxylic acid groups (broad SMARTS) is 1. The van der Waals surface area contributed by atoms with Gasteiger partial charge in [0.15, 0.2) is 5.69 Å². The fourth-order valence-electron chi connectivity index (χ4n) is 2.61. The molecule has 0 saturated carbocycles. The summed E-state index contributed by atoms with van der Waals surface area (Å²) in [6, 6.07) is 7.22. The number of hydrogen-bond donors (Lipinski definition) is 2. The number of amides is 1. The van der Waals surface area contributed by atoms with Crippen molar-refractivity contribution in [3.63, 3.8) is 0 Å². The fourth-order valence-corrected chi connectivity index (χ4v) is 2.61. The third-order valence-corrected chi connectivity index (χ3v) is 4.01. The van der Waals surface area contributed by atoms with Gasteiger partial charge in [-0.25, -0.2) is 9.07 Å². The highest BCUT2D eigenvalue weighted by atomic mass is 19.1. The van der Waals surface area contributed by atoms with Crippen LogP contribution in [0.1, 0.15) is 48.3 Å². The van der Waals surface area contributed by atoms with Gasteiger partial charge in [0.1, 0.15) is 11.5 Å². The normalized spacial score (nSPS) is 10.6. The van der Waals surface area contributed by atoms with Crippen molar-refractivity contribution in [3.8, 4) is 5.69 Å². The molecule has 27 heavy (non-hydrogen) atoms. The first-order chi connectivity index (χ1) is 12.9. The maximum Gasteiger partial charge on any atom is 0.303 e. The van der Waals surface area contributed by atoms with Crippen LogP contribution >= 0.6 is 0 Å². The van der Waals surface area contributed by atoms with Gasteiger partial charge < -0.3 is 10.4 Å². The standard InChI is InChI=1S/C19H22FN3O4/c1-13-12-16(24)18(22-23(13)15-9-6-5-8-14(15)20)19(27)21-11-7-3-2-4-10-17(25)26/h5-6,8-9,12H,2-4,7,10-11H2,1H3,(H,21,27)(H,25,26). The van der Waals surface area contributed by atoms with Gasteiger partial charge in [-0.15, -0.1) is 0 Å². The number of para-hydroxylation sites is 1. The largest absolute Gasteiger partial charge is 0.481 e. The van der Waals surface area contributed by atoms with Crippen LogP contribution in [-0.4, -0.2) is 33.3 Å². The minimum Gasteiger partial charge on any atom is -0.481 e. The van der Waals surface area contributed by atoms with Crippen molar-refractivity contribution in [1.29, 1.82) is 0 Å². The number of nitrogens with one attached hydrogen (secondary N) is 1. The van der Waals surface area contributed by atoms with Gasteiger partial charge in [-0.1, -0.05) is 25.0 Å². The number of nitrogens with zero attached hydrogens (tertiary/aromatic N) is 2. The molecule has 144 valence electrons. The summed E-state index contributed by atoms with van der Waals surface area (Å²) in [6.45, 7) is 1.96. The molecule has 0 fully saturated rings. The van der Waals surface area contributed by atoms with Gasteiger partial charge in [0.2, 0.25) is 5.43 Å². The van der Waals surface area contributed by atoms with Crippen LogP contribution in [0.3, 0.4) is 0 Å². The summed E-state index contributed by atoms with van der Waals surface area (Å²) in [7, 11) is 0. The van der Waals surface area contributed by atoms with Crippen LogP contribution in [0.4, 0.5) is 4.39 Å². The highest BCUT2D eigenvalue weighted by Gasteiger charge is 2.16. The van der Waals surface area contributed by atoms with Crippen molar-refractivity contribution in [1.82, 2.24) is 15.1 Å². The maximum absolute atomic E-state index is 14.0. The van der Waals surface area contributed by atoms with E-state index >= 15 is 0 Å². The molecule has 2 rings (SSSR count). The van der Waals surface area contributed by atoms with Crippen molar-refractivity contribution >= 4 is 11.9 Å². The Morgan fingerprint density at radius 2 is 1.89 bits per heavy atom. The van der Waals surface area contributed by atoms with Gasteiger partial charge in [0, 0.05) is 24.7 Å². The van der Waals surface area contributed by atoms with Gasteiger partial charge in [0.25, 0.3) is 5.91 Å². The van der Waals surface area contributed by atoms with Gasteiger partial charge >= 0.3 is 5.97 Å². The van der Waals surface area contributed by atoms with E-state index in [0.29, 0.717) is 25.1 Å². The van der Waals surface area contributed by atoms with Gasteiger partial charge in [-0.05, 0) is 31.9 Å². The number of carboxylic acids is 1. The molecule has 0 aliphatic carbocycles. The van der Waals surface area contributed by atoms with E-state index in [1.165, 1.54) is 22.9 Å². The van der Waals surface area contributed by atoms with E-state index in [1.54, 1.807) is 19.1 Å². The van der Waals surface area contributed by atoms with Crippen LogP contribution in [0, 0.1) is 12.7 Å². The minimum absolute atomic E-state index is 0.134. The Labute approximate surface area is 155 Å². The van der Waals surface area contributed by atoms with Crippen molar-refractivity contribution in [2.45, 2.75) is 39.0 Å². The Bertz CT molecular complexity index is 879. The molecule has 0 atom stereocenters. The maximum atomic E-state index is 14.0. The molecule has 8 heteroatoms. The van der Waals surface area contributed by atoms with Crippen LogP contribution < -0.4 is 10.7 Å². The number of unbranched alkanes of at least 4 members (excludes halogenated alkanes) is 3. The lowest BCUT2D eigenvalue weighted by Gasteiger charge is -2.12. The Morgan fingerprint density at radius 3 is 2.59 bits per heavy atom. The first kappa shape index (κ1) is 20.3. The zero-order chi connectivity index (χ0) is 19.8. The quantitative estimate of drug-likeness (QED) is 0.656. The second-order valence-electron chi connectivity index (χ2n) is 6.18. The molecule has 0 radical (unpaired) electrons. The number of halogens is 1. The molecular formula is C19H22FN3O4. The molecule has 2 N–H and O–H groups in total. The lowest BCUT2D eigenvalue weighted by atomic mass is 10.1. The molecule has 0 aliphatic rings. The molecule has 0 unspecified atom stereocenters. The summed E-state index contributed by atoms with van der Waals surface area (Å²) in [5.41, 5.74) is -0.253. The predicted molar refractivity (Wildman–Crippen MR) is 97.6 cm³/mol. The van der Waals surface area contributed by atoms with Crippen molar-refractivity contribution in [2.75, 3.05) is 6.54 Å². The molecule has 1 amide bonds. The third-order valence-electron chi connectivity index (χ3n) is 4.01. The SMILES string of the molecule is Cc1cc(=O)c(C(=O)NCCCCCCC(=O)O)nn1-c1ccccc1F. The topological polar surface area (TPSA) is 101 Å². The number of carbonyl (C=O) groups excluding carboxylic acids is 1. The molecule has 0 bridgehead atoms. The molecule has 7 nitrogen and oxygen atoms in total. The zero-order valence-corrected chi connectivity index (χ0v) is 15.1. The Hall–Kier alpha value is -3.03. The minimum atomic E-state index is -0.820. The molecule has 0 spiro atoms. The smallest absolute Gasteiger partial charge is 0.303 e. The molecule has 0 saturated heterocycles. The van der Waals surface area contributed by atoms with Crippen molar-refractivity contribution in [2.24, 2.45) is 0 Å². The molecule has 0 aliphatic heterocycles. The lowest BCUT2D eigenvalue weighted by Crippen LogP contribution is -2.32. The number of aliphatic carboxylic acids is 1. The van der Waals surface area contributed by atoms with Crippen LogP contribution in [0.15, 0.2) is 35.1 Å². The lowest BCUT2D eigenvalue weighted by molar-refractivity contribution is -0.137. The van der Waals surface area contributed by atoms with E-state index in [4.69, 9.17) is 5.11 Å². The van der Waals surface area contributed by atoms with Crippen LogP contribution in [0.2, 0.25) is 0 Å². The number of aryl methyl sites for hydroxylation is 1. The summed E-state index contributed by atoms with van der Waals surface area (Å²) >= 11 is 0. The van der Waals surface area contributed by atoms with E-state index < -0.39 is 23.1 Å². The van der Waals surface area contributed by atoms with Crippen LogP contribution in [0.25, 0.3) is 5.69 Å². The Balaban J connectivity index is 2.00. The number of benzene rings is 1. The van der Waals surface area contributed by atoms with E-state index in [1.807, 2.05) is 0 Å². The summed E-state index contributed by atoms with van der Waals surface area (Å²) < 4.78 is 15.2. The molecule has 1 aromatic heterocycles. The summed E-state index contributed by atoms with van der Waals surface area (Å²) in [5, 5.41) is 15.2. The molecule has 1 aromatic carbocycles. The monoisotopic (exact) mass is 375 g/mol. The zero-order valence-electron chi connectivity index (χ0n) is 15.1. The first-order valence-electron chi connectivity index (χ1n) is 8.76. The van der Waals surface area contributed by atoms with Crippen LogP contribution in [-0.2, 0) is 4.79 Å². The van der Waals surface area contributed by atoms with Crippen LogP contribution in [0.5, 0.6) is 0 Å². The van der Waals surface area contributed by atoms with Crippen molar-refractivity contribution < 1.29 is 19.1 Å². The molecular weight excluding hydrogens is 353 g/mol. The Morgan fingerprint density at radius 1 is 1.19 bits per heavy atom. The summed E-state index contributed by atoms with van der Waals surface area (Å²) in [6.07, 6.45) is 2.92. The number of aromatic nitrogens is 2. The summed E-state index contributed by atoms with van der Waals surface area (Å²) in [5.74, 6) is -1.94. The highest BCUT2D eigenvalue weighted by Crippen LogP contribution is 2.13. The van der Waals surface area contributed by atoms with Gasteiger partial charge in [-0.2, -0.15) is 5.10 Å². The van der Waals surface area contributed by atoms with Crippen molar-refractivity contribution in [3.05, 3.63) is 57.8 Å². The fraction of sp³-hybridized carbons (Fsp3) is 0.368. The third kappa shape index (κ3) is 5.73. The van der Waals surface area contributed by atoms with E-state index in [9.17, 15) is 18.8 Å². The second-order valence-corrected chi connectivity index (χ2v) is 6.18. The Kier molecular flexibility index (Phi) is 7.22. The number of rotatable bonds is 9. The molecule has 2 aromatic rings. The average Bonchev–Trinajstić information content (AvgIpc) is 2.61. The molecule has 1 heterocycles. The average molecular weight is 375 g/mol. The van der Waals surface area contributed by atoms with Gasteiger partial charge in [0.05, 0.1) is 0 Å². The number of carbonyl (C=O) groups is 2. The van der Waals surface area contributed by atoms with E-state index in [0.717, 1.165) is 12.8 Å². The van der Waals surface area contributed by atoms with Gasteiger partial charge in [-0.3, -0.25) is 14.4 Å². The first-order valence-corrected chi connectivity index (χ1v) is 8.76. The second kappa shape index (κ2) is 9.61. The highest BCUT2D eigenvalue weighted by molar-refractivity contribution is 5.92. The van der Waals surface area contributed by atoms with E-state index in [-0.39, 0.29) is 17.8 Å². The summed E-state index contributed by atoms with van der Waals surface area (Å²) in [4.78, 5) is 34.8. The van der Waals surface area contributed by atoms with E-state index in [2.05, 4.69) is 10.4 Å². The predicted octanol–water partition coefficient (Wildman–Crippen LogP) is 2.44.